The Morgan fingerprint density at radius 2 is 1.86 bits per heavy atom. The summed E-state index contributed by atoms with van der Waals surface area (Å²) in [7, 11) is 0. The fourth-order valence-corrected chi connectivity index (χ4v) is 3.54. The number of nitrogens with zero attached hydrogens (tertiary/aromatic N) is 1. The maximum absolute atomic E-state index is 12.4. The zero-order chi connectivity index (χ0) is 16.5. The van der Waals surface area contributed by atoms with Crippen LogP contribution in [0.1, 0.15) is 59.3 Å². The van der Waals surface area contributed by atoms with E-state index in [1.165, 1.54) is 0 Å². The molecule has 1 amide bonds. The van der Waals surface area contributed by atoms with E-state index in [1.54, 1.807) is 25.7 Å². The van der Waals surface area contributed by atoms with Crippen LogP contribution in [0.3, 0.4) is 0 Å². The third kappa shape index (κ3) is 3.25. The minimum Gasteiger partial charge on any atom is -0.481 e. The number of carboxylic acids is 1. The molecule has 2 aliphatic rings. The van der Waals surface area contributed by atoms with E-state index in [-0.39, 0.29) is 24.7 Å². The molecule has 0 radical (unpaired) electrons. The van der Waals surface area contributed by atoms with Crippen molar-refractivity contribution in [3.8, 4) is 0 Å². The van der Waals surface area contributed by atoms with Gasteiger partial charge in [-0.3, -0.25) is 9.59 Å². The summed E-state index contributed by atoms with van der Waals surface area (Å²) in [5.41, 5.74) is -1.62. The Labute approximate surface area is 130 Å². The van der Waals surface area contributed by atoms with Gasteiger partial charge in [-0.25, -0.2) is 4.79 Å². The van der Waals surface area contributed by atoms with Crippen molar-refractivity contribution in [3.63, 3.8) is 0 Å². The summed E-state index contributed by atoms with van der Waals surface area (Å²) in [6.45, 7) is 5.90. The van der Waals surface area contributed by atoms with Crippen molar-refractivity contribution in [2.45, 2.75) is 70.9 Å². The van der Waals surface area contributed by atoms with Crippen molar-refractivity contribution < 1.29 is 24.2 Å². The molecule has 0 aromatic heterocycles. The van der Waals surface area contributed by atoms with Gasteiger partial charge >= 0.3 is 12.1 Å². The Morgan fingerprint density at radius 1 is 1.27 bits per heavy atom. The maximum atomic E-state index is 12.4. The second kappa shape index (κ2) is 5.89. The predicted octanol–water partition coefficient (Wildman–Crippen LogP) is 2.60. The molecular weight excluding hydrogens is 286 g/mol. The molecule has 1 saturated heterocycles. The van der Waals surface area contributed by atoms with Crippen molar-refractivity contribution in [2.75, 3.05) is 6.54 Å². The first-order valence-corrected chi connectivity index (χ1v) is 7.90. The number of carboxylic acid groups (broad SMARTS) is 1. The highest BCUT2D eigenvalue weighted by atomic mass is 16.6. The maximum Gasteiger partial charge on any atom is 0.410 e. The monoisotopic (exact) mass is 311 g/mol. The number of carbonyl (C=O) groups is 3. The predicted molar refractivity (Wildman–Crippen MR) is 79.5 cm³/mol. The highest BCUT2D eigenvalue weighted by Crippen LogP contribution is 2.44. The van der Waals surface area contributed by atoms with E-state index in [0.717, 1.165) is 6.42 Å². The molecule has 1 N–H and O–H groups in total. The molecule has 0 aromatic carbocycles. The van der Waals surface area contributed by atoms with E-state index in [9.17, 15) is 19.5 Å². The summed E-state index contributed by atoms with van der Waals surface area (Å²) < 4.78 is 5.42. The van der Waals surface area contributed by atoms with E-state index in [1.807, 2.05) is 0 Å². The molecule has 1 aliphatic carbocycles. The van der Waals surface area contributed by atoms with E-state index in [2.05, 4.69) is 0 Å². The van der Waals surface area contributed by atoms with Gasteiger partial charge in [0.2, 0.25) is 0 Å². The minimum atomic E-state index is -1.01. The molecule has 1 atom stereocenters. The summed E-state index contributed by atoms with van der Waals surface area (Å²) in [6.07, 6.45) is 2.16. The molecule has 0 bridgehead atoms. The average molecular weight is 311 g/mol. The van der Waals surface area contributed by atoms with Crippen molar-refractivity contribution in [3.05, 3.63) is 0 Å². The molecule has 0 aromatic rings. The van der Waals surface area contributed by atoms with Crippen LogP contribution in [-0.4, -0.2) is 46.0 Å². The van der Waals surface area contributed by atoms with E-state index >= 15 is 0 Å². The lowest BCUT2D eigenvalue weighted by molar-refractivity contribution is -0.156. The molecule has 0 spiro atoms. The largest absolute Gasteiger partial charge is 0.481 e. The number of aliphatic carboxylic acids is 1. The molecule has 124 valence electrons. The van der Waals surface area contributed by atoms with Crippen LogP contribution in [-0.2, 0) is 14.3 Å². The molecule has 2 fully saturated rings. The van der Waals surface area contributed by atoms with Crippen molar-refractivity contribution in [2.24, 2.45) is 5.41 Å². The highest BCUT2D eigenvalue weighted by molar-refractivity contribution is 5.85. The third-order valence-electron chi connectivity index (χ3n) is 4.64. The summed E-state index contributed by atoms with van der Waals surface area (Å²) in [4.78, 5) is 37.4. The van der Waals surface area contributed by atoms with Gasteiger partial charge < -0.3 is 14.7 Å². The van der Waals surface area contributed by atoms with Crippen LogP contribution in [0, 0.1) is 5.41 Å². The Balaban J connectivity index is 2.22. The standard InChI is InChI=1S/C16H25NO5/c1-15(2,3)22-14(21)17-10-4-5-12(17)16(13(19)20)8-6-11(18)7-9-16/h12H,4-10H2,1-3H3,(H,19,20). The lowest BCUT2D eigenvalue weighted by atomic mass is 9.68. The van der Waals surface area contributed by atoms with Crippen molar-refractivity contribution >= 4 is 17.8 Å². The molecule has 22 heavy (non-hydrogen) atoms. The number of rotatable bonds is 2. The molecule has 1 unspecified atom stereocenters. The van der Waals surface area contributed by atoms with Gasteiger partial charge in [0, 0.05) is 19.4 Å². The topological polar surface area (TPSA) is 83.9 Å². The lowest BCUT2D eigenvalue weighted by Crippen LogP contribution is -2.53. The van der Waals surface area contributed by atoms with Crippen LogP contribution in [0.25, 0.3) is 0 Å². The van der Waals surface area contributed by atoms with Crippen LogP contribution in [0.4, 0.5) is 4.79 Å². The van der Waals surface area contributed by atoms with Crippen LogP contribution in [0.2, 0.25) is 0 Å². The van der Waals surface area contributed by atoms with Crippen LogP contribution in [0.5, 0.6) is 0 Å². The normalized spacial score (nSPS) is 25.1. The fourth-order valence-electron chi connectivity index (χ4n) is 3.54. The SMILES string of the molecule is CC(C)(C)OC(=O)N1CCCC1C1(C(=O)O)CCC(=O)CC1. The zero-order valence-corrected chi connectivity index (χ0v) is 13.6. The third-order valence-corrected chi connectivity index (χ3v) is 4.64. The van der Waals surface area contributed by atoms with Gasteiger partial charge in [-0.2, -0.15) is 0 Å². The number of amides is 1. The fraction of sp³-hybridized carbons (Fsp3) is 0.812. The summed E-state index contributed by atoms with van der Waals surface area (Å²) >= 11 is 0. The van der Waals surface area contributed by atoms with E-state index < -0.39 is 23.1 Å². The molecule has 6 nitrogen and oxygen atoms in total. The van der Waals surface area contributed by atoms with Crippen molar-refractivity contribution in [1.29, 1.82) is 0 Å². The number of likely N-dealkylation sites (tertiary alicyclic amines) is 1. The first kappa shape index (κ1) is 16.8. The first-order valence-electron chi connectivity index (χ1n) is 7.90. The Kier molecular flexibility index (Phi) is 4.49. The summed E-state index contributed by atoms with van der Waals surface area (Å²) in [6, 6.07) is -0.382. The molecular formula is C16H25NO5. The average Bonchev–Trinajstić information content (AvgIpc) is 2.87. The van der Waals surface area contributed by atoms with Gasteiger partial charge in [0.05, 0.1) is 11.5 Å². The second-order valence-electron chi connectivity index (χ2n) is 7.33. The molecule has 1 aliphatic heterocycles. The molecule has 1 saturated carbocycles. The van der Waals surface area contributed by atoms with Gasteiger partial charge in [-0.1, -0.05) is 0 Å². The van der Waals surface area contributed by atoms with Gasteiger partial charge in [0.25, 0.3) is 0 Å². The number of carbonyl (C=O) groups excluding carboxylic acids is 2. The minimum absolute atomic E-state index is 0.110. The Morgan fingerprint density at radius 3 is 2.36 bits per heavy atom. The highest BCUT2D eigenvalue weighted by Gasteiger charge is 2.53. The van der Waals surface area contributed by atoms with Gasteiger partial charge in [-0.05, 0) is 46.5 Å². The quantitative estimate of drug-likeness (QED) is 0.847. The number of Topliss-reactive ketones (excluding diaryl/α,β-unsaturated/α-hetero) is 1. The first-order chi connectivity index (χ1) is 10.2. The van der Waals surface area contributed by atoms with E-state index in [0.29, 0.717) is 25.8 Å². The van der Waals surface area contributed by atoms with Crippen molar-refractivity contribution in [1.82, 2.24) is 4.90 Å². The Hall–Kier alpha value is -1.59. The van der Waals surface area contributed by atoms with Crippen LogP contribution in [0.15, 0.2) is 0 Å². The van der Waals surface area contributed by atoms with E-state index in [4.69, 9.17) is 4.74 Å². The number of ether oxygens (including phenoxy) is 1. The number of hydrogen-bond donors (Lipinski definition) is 1. The van der Waals surface area contributed by atoms with Gasteiger partial charge in [0.1, 0.15) is 11.4 Å². The second-order valence-corrected chi connectivity index (χ2v) is 7.33. The molecule has 6 heteroatoms. The number of ketones is 1. The van der Waals surface area contributed by atoms with Crippen LogP contribution < -0.4 is 0 Å². The van der Waals surface area contributed by atoms with Gasteiger partial charge in [-0.15, -0.1) is 0 Å². The molecule has 2 rings (SSSR count). The lowest BCUT2D eigenvalue weighted by Gasteiger charge is -2.42. The van der Waals surface area contributed by atoms with Gasteiger partial charge in [0.15, 0.2) is 0 Å². The zero-order valence-electron chi connectivity index (χ0n) is 13.6. The molecule has 1 heterocycles. The summed E-state index contributed by atoms with van der Waals surface area (Å²) in [5.74, 6) is -0.792. The smallest absolute Gasteiger partial charge is 0.410 e. The van der Waals surface area contributed by atoms with Crippen LogP contribution >= 0.6 is 0 Å². The number of hydrogen-bond acceptors (Lipinski definition) is 4. The Bertz CT molecular complexity index is 469. The summed E-state index contributed by atoms with van der Waals surface area (Å²) in [5, 5.41) is 9.78.